The lowest BCUT2D eigenvalue weighted by Crippen LogP contribution is -2.40. The van der Waals surface area contributed by atoms with Crippen LogP contribution in [0.2, 0.25) is 0 Å². The first-order valence-electron chi connectivity index (χ1n) is 10.9. The molecule has 30 heavy (non-hydrogen) atoms. The largest absolute Gasteiger partial charge is 0.388 e. The second kappa shape index (κ2) is 9.18. The molecule has 3 N–H and O–H groups in total. The number of aromatic nitrogens is 1. The number of nitrogens with two attached hydrogens (primary N) is 1. The number of ether oxygens (including phenoxy) is 1. The van der Waals surface area contributed by atoms with Crippen molar-refractivity contribution in [2.24, 2.45) is 5.73 Å². The third-order valence-corrected chi connectivity index (χ3v) is 6.23. The molecule has 0 bridgehead atoms. The number of anilines is 1. The number of rotatable bonds is 4. The number of nitrogens with zero attached hydrogens (tertiary/aromatic N) is 2. The molecule has 1 saturated carbocycles. The maximum absolute atomic E-state index is 10.2. The van der Waals surface area contributed by atoms with E-state index in [-0.39, 0.29) is 11.6 Å². The molecular formula is C25H31N3O2. The van der Waals surface area contributed by atoms with E-state index in [0.29, 0.717) is 19.5 Å². The van der Waals surface area contributed by atoms with Gasteiger partial charge in [0.05, 0.1) is 17.3 Å². The summed E-state index contributed by atoms with van der Waals surface area (Å²) in [5.41, 5.74) is 9.23. The molecule has 2 aromatic rings. The van der Waals surface area contributed by atoms with Gasteiger partial charge in [-0.05, 0) is 30.5 Å². The molecule has 5 heteroatoms. The van der Waals surface area contributed by atoms with E-state index in [4.69, 9.17) is 15.5 Å². The predicted molar refractivity (Wildman–Crippen MR) is 119 cm³/mol. The third-order valence-electron chi connectivity index (χ3n) is 6.23. The molecule has 1 unspecified atom stereocenters. The topological polar surface area (TPSA) is 71.6 Å². The molecule has 5 nitrogen and oxygen atoms in total. The fraction of sp³-hybridized carbons (Fsp3) is 0.480. The quantitative estimate of drug-likeness (QED) is 0.766. The molecule has 2 fully saturated rings. The Morgan fingerprint density at radius 2 is 1.90 bits per heavy atom. The number of methoxy groups -OCH3 is 1. The fourth-order valence-electron chi connectivity index (χ4n) is 4.38. The first kappa shape index (κ1) is 20.9. The van der Waals surface area contributed by atoms with Gasteiger partial charge >= 0.3 is 0 Å². The van der Waals surface area contributed by atoms with Crippen molar-refractivity contribution in [3.8, 4) is 11.8 Å². The average molecular weight is 406 g/mol. The van der Waals surface area contributed by atoms with Crippen molar-refractivity contribution in [3.63, 3.8) is 0 Å². The summed E-state index contributed by atoms with van der Waals surface area (Å²) in [6.45, 7) is 1.15. The van der Waals surface area contributed by atoms with Crippen molar-refractivity contribution < 1.29 is 9.84 Å². The number of hydrogen-bond acceptors (Lipinski definition) is 5. The number of pyridine rings is 1. The Kier molecular flexibility index (Phi) is 6.38. The third kappa shape index (κ3) is 4.84. The Bertz CT molecular complexity index is 913. The molecule has 0 spiro atoms. The van der Waals surface area contributed by atoms with Crippen molar-refractivity contribution in [2.75, 3.05) is 25.1 Å². The van der Waals surface area contributed by atoms with Crippen LogP contribution in [-0.2, 0) is 11.2 Å². The molecule has 2 atom stereocenters. The highest BCUT2D eigenvalue weighted by molar-refractivity contribution is 5.50. The van der Waals surface area contributed by atoms with E-state index in [0.717, 1.165) is 42.8 Å². The van der Waals surface area contributed by atoms with Crippen LogP contribution in [0.3, 0.4) is 0 Å². The highest BCUT2D eigenvalue weighted by atomic mass is 16.5. The second-order valence-electron chi connectivity index (χ2n) is 8.54. The summed E-state index contributed by atoms with van der Waals surface area (Å²) in [6.07, 6.45) is 5.49. The van der Waals surface area contributed by atoms with E-state index in [1.807, 2.05) is 30.3 Å². The van der Waals surface area contributed by atoms with Gasteiger partial charge in [-0.3, -0.25) is 0 Å². The van der Waals surface area contributed by atoms with Crippen LogP contribution in [0.5, 0.6) is 0 Å². The molecule has 1 aliphatic carbocycles. The molecule has 158 valence electrons. The van der Waals surface area contributed by atoms with E-state index in [1.165, 1.54) is 12.0 Å². The summed E-state index contributed by atoms with van der Waals surface area (Å²) in [5, 5.41) is 10.2. The van der Waals surface area contributed by atoms with E-state index >= 15 is 0 Å². The van der Waals surface area contributed by atoms with Crippen LogP contribution < -0.4 is 10.6 Å². The Hall–Kier alpha value is -2.39. The molecule has 1 aromatic heterocycles. The van der Waals surface area contributed by atoms with Crippen molar-refractivity contribution in [2.45, 2.75) is 56.3 Å². The monoisotopic (exact) mass is 405 g/mol. The lowest BCUT2D eigenvalue weighted by molar-refractivity contribution is 0.0217. The molecule has 1 aromatic carbocycles. The summed E-state index contributed by atoms with van der Waals surface area (Å²) in [6, 6.07) is 14.4. The van der Waals surface area contributed by atoms with Gasteiger partial charge in [-0.2, -0.15) is 0 Å². The Balaban J connectivity index is 1.64. The number of hydrogen-bond donors (Lipinski definition) is 2. The summed E-state index contributed by atoms with van der Waals surface area (Å²) in [7, 11) is 1.64. The van der Waals surface area contributed by atoms with E-state index in [2.05, 4.69) is 28.9 Å². The molecule has 1 saturated heterocycles. The first-order chi connectivity index (χ1) is 14.6. The van der Waals surface area contributed by atoms with Gasteiger partial charge < -0.3 is 20.5 Å². The summed E-state index contributed by atoms with van der Waals surface area (Å²) < 4.78 is 5.39. The minimum absolute atomic E-state index is 0.188. The van der Waals surface area contributed by atoms with Crippen LogP contribution >= 0.6 is 0 Å². The zero-order chi connectivity index (χ0) is 21.0. The molecule has 1 aliphatic heterocycles. The highest BCUT2D eigenvalue weighted by Crippen LogP contribution is 2.26. The smallest absolute Gasteiger partial charge is 0.129 e. The maximum Gasteiger partial charge on any atom is 0.129 e. The van der Waals surface area contributed by atoms with Gasteiger partial charge in [-0.1, -0.05) is 61.4 Å². The normalized spacial score (nSPS) is 23.1. The van der Waals surface area contributed by atoms with Gasteiger partial charge in [-0.25, -0.2) is 4.98 Å². The van der Waals surface area contributed by atoms with Crippen molar-refractivity contribution in [1.29, 1.82) is 0 Å². The average Bonchev–Trinajstić information content (AvgIpc) is 3.15. The van der Waals surface area contributed by atoms with Gasteiger partial charge in [0.1, 0.15) is 11.9 Å². The highest BCUT2D eigenvalue weighted by Gasteiger charge is 2.32. The number of aliphatic hydroxyl groups is 1. The minimum atomic E-state index is -0.503. The molecule has 4 rings (SSSR count). The summed E-state index contributed by atoms with van der Waals surface area (Å²) >= 11 is 0. The van der Waals surface area contributed by atoms with Gasteiger partial charge in [0.2, 0.25) is 0 Å². The van der Waals surface area contributed by atoms with Gasteiger partial charge in [-0.15, -0.1) is 0 Å². The Labute approximate surface area is 179 Å². The van der Waals surface area contributed by atoms with Crippen LogP contribution in [0.25, 0.3) is 0 Å². The SMILES string of the molecule is COC1CN(c2ccc(C#CC3(N)CCCCC3)c(Cc3ccccc3)n2)C[C@H]1O. The minimum Gasteiger partial charge on any atom is -0.388 e. The number of aliphatic hydroxyl groups excluding tert-OH is 1. The van der Waals surface area contributed by atoms with Crippen LogP contribution in [-0.4, -0.2) is 48.0 Å². The Morgan fingerprint density at radius 3 is 2.60 bits per heavy atom. The zero-order valence-electron chi connectivity index (χ0n) is 17.7. The van der Waals surface area contributed by atoms with E-state index in [1.54, 1.807) is 7.11 Å². The van der Waals surface area contributed by atoms with Crippen molar-refractivity contribution in [1.82, 2.24) is 4.98 Å². The van der Waals surface area contributed by atoms with Crippen LogP contribution in [0.4, 0.5) is 5.82 Å². The molecule has 2 aliphatic rings. The summed E-state index contributed by atoms with van der Waals surface area (Å²) in [4.78, 5) is 7.04. The molecule has 0 radical (unpaired) electrons. The molecule has 0 amide bonds. The molecule has 2 heterocycles. The Morgan fingerprint density at radius 1 is 1.13 bits per heavy atom. The van der Waals surface area contributed by atoms with E-state index in [9.17, 15) is 5.11 Å². The molecular weight excluding hydrogens is 374 g/mol. The lowest BCUT2D eigenvalue weighted by Gasteiger charge is -2.27. The van der Waals surface area contributed by atoms with Crippen molar-refractivity contribution >= 4 is 5.82 Å². The van der Waals surface area contributed by atoms with Gasteiger partial charge in [0.25, 0.3) is 0 Å². The zero-order valence-corrected chi connectivity index (χ0v) is 17.7. The first-order valence-corrected chi connectivity index (χ1v) is 10.9. The van der Waals surface area contributed by atoms with Crippen molar-refractivity contribution in [3.05, 3.63) is 59.3 Å². The van der Waals surface area contributed by atoms with Gasteiger partial charge in [0, 0.05) is 32.2 Å². The van der Waals surface area contributed by atoms with Gasteiger partial charge in [0.15, 0.2) is 0 Å². The number of β-amino-alcohol motifs (C(OH)–C–C–N with tert-alkyl or cyclic N) is 1. The summed E-state index contributed by atoms with van der Waals surface area (Å²) in [5.74, 6) is 7.58. The van der Waals surface area contributed by atoms with Crippen LogP contribution in [0.15, 0.2) is 42.5 Å². The predicted octanol–water partition coefficient (Wildman–Crippen LogP) is 2.88. The van der Waals surface area contributed by atoms with E-state index < -0.39 is 6.10 Å². The number of benzene rings is 1. The van der Waals surface area contributed by atoms with Crippen LogP contribution in [0, 0.1) is 11.8 Å². The second-order valence-corrected chi connectivity index (χ2v) is 8.54. The lowest BCUT2D eigenvalue weighted by atomic mass is 9.83. The fourth-order valence-corrected chi connectivity index (χ4v) is 4.38. The van der Waals surface area contributed by atoms with Crippen LogP contribution in [0.1, 0.15) is 48.9 Å². The maximum atomic E-state index is 10.2. The standard InChI is InChI=1S/C25H31N3O2/c1-30-23-18-28(17-22(23)29)24-11-10-20(12-15-25(26)13-6-3-7-14-25)21(27-24)16-19-8-4-2-5-9-19/h2,4-5,8-11,22-23,29H,3,6-7,13-14,16-18,26H2,1H3/t22-,23?/m1/s1.